The van der Waals surface area contributed by atoms with E-state index in [9.17, 15) is 9.59 Å². The first-order valence-electron chi connectivity index (χ1n) is 10.5. The van der Waals surface area contributed by atoms with Crippen LogP contribution in [0.3, 0.4) is 0 Å². The highest BCUT2D eigenvalue weighted by molar-refractivity contribution is 5.78. The first-order chi connectivity index (χ1) is 13.2. The minimum Gasteiger partial charge on any atom is -0.343 e. The van der Waals surface area contributed by atoms with Gasteiger partial charge in [0.1, 0.15) is 0 Å². The molecule has 0 N–H and O–H groups in total. The Kier molecular flexibility index (Phi) is 5.77. The van der Waals surface area contributed by atoms with E-state index in [0.29, 0.717) is 24.8 Å². The Bertz CT molecular complexity index is 663. The van der Waals surface area contributed by atoms with Gasteiger partial charge >= 0.3 is 0 Å². The summed E-state index contributed by atoms with van der Waals surface area (Å²) < 4.78 is 0. The van der Waals surface area contributed by atoms with Gasteiger partial charge in [0.15, 0.2) is 0 Å². The number of amides is 2. The predicted octanol–water partition coefficient (Wildman–Crippen LogP) is 2.51. The molecule has 2 atom stereocenters. The number of carbonyl (C=O) groups is 2. The molecule has 5 heteroatoms. The van der Waals surface area contributed by atoms with Crippen LogP contribution < -0.4 is 0 Å². The zero-order chi connectivity index (χ0) is 18.6. The van der Waals surface area contributed by atoms with Crippen molar-refractivity contribution in [2.24, 2.45) is 5.92 Å². The van der Waals surface area contributed by atoms with Gasteiger partial charge in [0, 0.05) is 58.2 Å². The Balaban J connectivity index is 1.30. The summed E-state index contributed by atoms with van der Waals surface area (Å²) in [5.74, 6) is 1.13. The topological polar surface area (TPSA) is 43.9 Å². The van der Waals surface area contributed by atoms with Gasteiger partial charge < -0.3 is 9.80 Å². The minimum absolute atomic E-state index is 0.256. The lowest BCUT2D eigenvalue weighted by molar-refractivity contribution is -0.132. The van der Waals surface area contributed by atoms with E-state index >= 15 is 0 Å². The van der Waals surface area contributed by atoms with E-state index in [1.54, 1.807) is 0 Å². The number of nitrogens with zero attached hydrogens (tertiary/aromatic N) is 3. The van der Waals surface area contributed by atoms with E-state index in [-0.39, 0.29) is 11.8 Å². The van der Waals surface area contributed by atoms with E-state index in [4.69, 9.17) is 0 Å². The molecule has 4 heterocycles. The lowest BCUT2D eigenvalue weighted by Gasteiger charge is -2.36. The third-order valence-corrected chi connectivity index (χ3v) is 6.40. The Morgan fingerprint density at radius 2 is 1.93 bits per heavy atom. The van der Waals surface area contributed by atoms with Gasteiger partial charge in [-0.15, -0.1) is 0 Å². The molecule has 146 valence electrons. The van der Waals surface area contributed by atoms with Crippen molar-refractivity contribution >= 4 is 11.8 Å². The second kappa shape index (κ2) is 8.42. The number of likely N-dealkylation sites (tertiary alicyclic amines) is 1. The second-order valence-corrected chi connectivity index (χ2v) is 8.40. The lowest BCUT2D eigenvalue weighted by atomic mass is 9.94. The highest BCUT2D eigenvalue weighted by atomic mass is 16.2. The van der Waals surface area contributed by atoms with Crippen LogP contribution in [0.5, 0.6) is 0 Å². The van der Waals surface area contributed by atoms with Crippen LogP contribution in [0.4, 0.5) is 0 Å². The predicted molar refractivity (Wildman–Crippen MR) is 105 cm³/mol. The maximum atomic E-state index is 12.8. The molecule has 2 amide bonds. The largest absolute Gasteiger partial charge is 0.343 e. The number of hydrogen-bond acceptors (Lipinski definition) is 3. The quantitative estimate of drug-likeness (QED) is 0.774. The van der Waals surface area contributed by atoms with Crippen LogP contribution in [0.15, 0.2) is 30.3 Å². The van der Waals surface area contributed by atoms with E-state index in [1.165, 1.54) is 18.4 Å². The zero-order valence-corrected chi connectivity index (χ0v) is 16.2. The number of piperidine rings is 1. The SMILES string of the molecule is O=C1CCCN1CCCC(=O)N1C[C@H]2CC[C@@H](C1)N(Cc1ccccc1)C2. The Morgan fingerprint density at radius 1 is 1.07 bits per heavy atom. The van der Waals surface area contributed by atoms with Crippen LogP contribution in [0.1, 0.15) is 44.1 Å². The van der Waals surface area contributed by atoms with Crippen LogP contribution in [0.2, 0.25) is 0 Å². The van der Waals surface area contributed by atoms with Crippen molar-refractivity contribution < 1.29 is 9.59 Å². The number of hydrogen-bond donors (Lipinski definition) is 0. The molecule has 0 spiro atoms. The molecule has 27 heavy (non-hydrogen) atoms. The molecule has 1 aromatic rings. The lowest BCUT2D eigenvalue weighted by Crippen LogP contribution is -2.43. The molecule has 4 saturated heterocycles. The summed E-state index contributed by atoms with van der Waals surface area (Å²) in [4.78, 5) is 31.1. The molecule has 2 bridgehead atoms. The van der Waals surface area contributed by atoms with Crippen molar-refractivity contribution in [3.63, 3.8) is 0 Å². The van der Waals surface area contributed by atoms with Crippen LogP contribution in [0, 0.1) is 5.92 Å². The molecule has 0 radical (unpaired) electrons. The van der Waals surface area contributed by atoms with Gasteiger partial charge in [0.2, 0.25) is 11.8 Å². The first-order valence-corrected chi connectivity index (χ1v) is 10.5. The number of benzene rings is 1. The molecule has 5 rings (SSSR count). The van der Waals surface area contributed by atoms with Crippen LogP contribution in [0.25, 0.3) is 0 Å². The molecule has 4 aliphatic rings. The van der Waals surface area contributed by atoms with Gasteiger partial charge in [-0.1, -0.05) is 30.3 Å². The van der Waals surface area contributed by atoms with Crippen molar-refractivity contribution in [1.29, 1.82) is 0 Å². The molecule has 1 aromatic carbocycles. The summed E-state index contributed by atoms with van der Waals surface area (Å²) in [5.41, 5.74) is 1.36. The molecular formula is C22H31N3O2. The molecule has 0 saturated carbocycles. The Hall–Kier alpha value is -1.88. The van der Waals surface area contributed by atoms with Crippen molar-refractivity contribution in [1.82, 2.24) is 14.7 Å². The molecule has 5 nitrogen and oxygen atoms in total. The summed E-state index contributed by atoms with van der Waals surface area (Å²) in [6, 6.07) is 11.1. The highest BCUT2D eigenvalue weighted by Gasteiger charge is 2.36. The standard InChI is InChI=1S/C22H31N3O2/c26-21-8-4-12-23(21)13-5-9-22(27)25-16-19-10-11-20(17-25)24(15-19)14-18-6-2-1-3-7-18/h1-3,6-7,19-20H,4-5,8-17H2/t19-,20-/m0/s1. The Labute approximate surface area is 162 Å². The van der Waals surface area contributed by atoms with Crippen molar-refractivity contribution in [2.75, 3.05) is 32.7 Å². The van der Waals surface area contributed by atoms with E-state index < -0.39 is 0 Å². The third-order valence-electron chi connectivity index (χ3n) is 6.40. The average Bonchev–Trinajstić information content (AvgIpc) is 2.89. The van der Waals surface area contributed by atoms with Gasteiger partial charge in [-0.05, 0) is 37.2 Å². The smallest absolute Gasteiger partial charge is 0.222 e. The number of rotatable bonds is 6. The van der Waals surface area contributed by atoms with Crippen molar-refractivity contribution in [2.45, 2.75) is 51.1 Å². The maximum Gasteiger partial charge on any atom is 0.222 e. The van der Waals surface area contributed by atoms with Gasteiger partial charge in [0.25, 0.3) is 0 Å². The normalized spacial score (nSPS) is 25.9. The second-order valence-electron chi connectivity index (χ2n) is 8.40. The fourth-order valence-electron chi connectivity index (χ4n) is 4.91. The molecule has 0 aromatic heterocycles. The molecular weight excluding hydrogens is 338 g/mol. The van der Waals surface area contributed by atoms with Crippen molar-refractivity contribution in [3.8, 4) is 0 Å². The zero-order valence-electron chi connectivity index (χ0n) is 16.2. The number of carbonyl (C=O) groups excluding carboxylic acids is 2. The monoisotopic (exact) mass is 369 g/mol. The summed E-state index contributed by atoms with van der Waals surface area (Å²) in [5, 5.41) is 0. The fraction of sp³-hybridized carbons (Fsp3) is 0.636. The summed E-state index contributed by atoms with van der Waals surface area (Å²) >= 11 is 0. The van der Waals surface area contributed by atoms with Gasteiger partial charge in [-0.3, -0.25) is 14.5 Å². The summed E-state index contributed by atoms with van der Waals surface area (Å²) in [7, 11) is 0. The van der Waals surface area contributed by atoms with E-state index in [2.05, 4.69) is 40.1 Å². The van der Waals surface area contributed by atoms with Crippen molar-refractivity contribution in [3.05, 3.63) is 35.9 Å². The van der Waals surface area contributed by atoms with Gasteiger partial charge in [0.05, 0.1) is 0 Å². The van der Waals surface area contributed by atoms with E-state index in [1.807, 2.05) is 4.90 Å². The summed E-state index contributed by atoms with van der Waals surface area (Å²) in [6.45, 7) is 5.47. The number of fused-ring (bicyclic) bond motifs is 4. The molecule has 4 aliphatic heterocycles. The molecule has 0 unspecified atom stereocenters. The highest BCUT2D eigenvalue weighted by Crippen LogP contribution is 2.29. The maximum absolute atomic E-state index is 12.8. The van der Waals surface area contributed by atoms with Gasteiger partial charge in [-0.25, -0.2) is 0 Å². The molecule has 0 aliphatic carbocycles. The third kappa shape index (κ3) is 4.52. The van der Waals surface area contributed by atoms with E-state index in [0.717, 1.165) is 52.1 Å². The molecule has 4 fully saturated rings. The first kappa shape index (κ1) is 18.5. The minimum atomic E-state index is 0.256. The van der Waals surface area contributed by atoms with Crippen LogP contribution >= 0.6 is 0 Å². The summed E-state index contributed by atoms with van der Waals surface area (Å²) in [6.07, 6.45) is 5.46. The van der Waals surface area contributed by atoms with Crippen LogP contribution in [-0.2, 0) is 16.1 Å². The average molecular weight is 370 g/mol. The van der Waals surface area contributed by atoms with Crippen LogP contribution in [-0.4, -0.2) is 65.3 Å². The Morgan fingerprint density at radius 3 is 2.70 bits per heavy atom. The fourth-order valence-corrected chi connectivity index (χ4v) is 4.91. The van der Waals surface area contributed by atoms with Gasteiger partial charge in [-0.2, -0.15) is 0 Å².